The molecule has 0 radical (unpaired) electrons. The van der Waals surface area contributed by atoms with Gasteiger partial charge in [0.15, 0.2) is 4.80 Å². The molecular weight excluding hydrogens is 415 g/mol. The van der Waals surface area contributed by atoms with Gasteiger partial charge in [0.25, 0.3) is 5.91 Å². The van der Waals surface area contributed by atoms with Gasteiger partial charge in [0, 0.05) is 12.7 Å². The first-order chi connectivity index (χ1) is 14.2. The van der Waals surface area contributed by atoms with Crippen molar-refractivity contribution >= 4 is 27.5 Å². The lowest BCUT2D eigenvalue weighted by Crippen LogP contribution is -2.19. The van der Waals surface area contributed by atoms with E-state index in [2.05, 4.69) is 9.98 Å². The van der Waals surface area contributed by atoms with Crippen LogP contribution in [0.25, 0.3) is 10.2 Å². The van der Waals surface area contributed by atoms with Gasteiger partial charge in [-0.1, -0.05) is 24.7 Å². The molecule has 30 heavy (non-hydrogen) atoms. The Morgan fingerprint density at radius 1 is 1.30 bits per heavy atom. The van der Waals surface area contributed by atoms with Gasteiger partial charge in [-0.25, -0.2) is 0 Å². The second-order valence-corrected chi connectivity index (χ2v) is 8.03. The van der Waals surface area contributed by atoms with Crippen LogP contribution in [0.15, 0.2) is 41.7 Å². The molecule has 0 N–H and O–H groups in total. The van der Waals surface area contributed by atoms with Crippen LogP contribution < -0.4 is 9.54 Å². The highest BCUT2D eigenvalue weighted by Gasteiger charge is 2.35. The molecule has 0 fully saturated rings. The summed E-state index contributed by atoms with van der Waals surface area (Å²) < 4.78 is 48.7. The van der Waals surface area contributed by atoms with Gasteiger partial charge in [-0.3, -0.25) is 9.78 Å². The van der Waals surface area contributed by atoms with Gasteiger partial charge in [-0.05, 0) is 44.5 Å². The minimum Gasteiger partial charge on any atom is -0.491 e. The van der Waals surface area contributed by atoms with Crippen LogP contribution in [0.2, 0.25) is 0 Å². The molecule has 5 nitrogen and oxygen atoms in total. The smallest absolute Gasteiger partial charge is 0.417 e. The Balaban J connectivity index is 2.14. The highest BCUT2D eigenvalue weighted by Crippen LogP contribution is 2.34. The average Bonchev–Trinajstić information content (AvgIpc) is 3.01. The standard InChI is InChI=1S/C21H22F3N3O2S/c1-4-5-10-27-17-12-25-9-8-18(17)30-20(27)26-19(28)15-11-14(29-13(2)3)6-7-16(15)21(22,23)24/h6-9,11-13H,4-5,10H2,1-3H3. The van der Waals surface area contributed by atoms with Gasteiger partial charge in [0.1, 0.15) is 5.75 Å². The Kier molecular flexibility index (Phi) is 6.60. The highest BCUT2D eigenvalue weighted by atomic mass is 32.1. The van der Waals surface area contributed by atoms with Crippen molar-refractivity contribution in [2.45, 2.75) is 52.4 Å². The van der Waals surface area contributed by atoms with Crippen LogP contribution in [-0.4, -0.2) is 21.6 Å². The van der Waals surface area contributed by atoms with Crippen molar-refractivity contribution in [1.82, 2.24) is 9.55 Å². The summed E-state index contributed by atoms with van der Waals surface area (Å²) in [7, 11) is 0. The van der Waals surface area contributed by atoms with Crippen molar-refractivity contribution in [2.24, 2.45) is 4.99 Å². The molecule has 1 amide bonds. The van der Waals surface area contributed by atoms with E-state index < -0.39 is 23.2 Å². The zero-order chi connectivity index (χ0) is 21.9. The lowest BCUT2D eigenvalue weighted by molar-refractivity contribution is -0.137. The number of hydrogen-bond acceptors (Lipinski definition) is 4. The minimum absolute atomic E-state index is 0.191. The van der Waals surface area contributed by atoms with E-state index in [-0.39, 0.29) is 11.9 Å². The molecule has 0 aliphatic rings. The van der Waals surface area contributed by atoms with Gasteiger partial charge in [-0.15, -0.1) is 0 Å². The molecule has 0 saturated carbocycles. The van der Waals surface area contributed by atoms with Crippen LogP contribution in [0.5, 0.6) is 5.75 Å². The number of halogens is 3. The largest absolute Gasteiger partial charge is 0.491 e. The summed E-state index contributed by atoms with van der Waals surface area (Å²) >= 11 is 1.25. The maximum Gasteiger partial charge on any atom is 0.417 e. The molecule has 0 saturated heterocycles. The number of rotatable bonds is 6. The molecular formula is C21H22F3N3O2S. The van der Waals surface area contributed by atoms with Crippen molar-refractivity contribution in [3.63, 3.8) is 0 Å². The number of aryl methyl sites for hydroxylation is 1. The third-order valence-corrected chi connectivity index (χ3v) is 5.37. The molecule has 0 aliphatic heterocycles. The number of benzene rings is 1. The highest BCUT2D eigenvalue weighted by molar-refractivity contribution is 7.16. The van der Waals surface area contributed by atoms with Crippen LogP contribution in [0.4, 0.5) is 13.2 Å². The Labute approximate surface area is 175 Å². The number of ether oxygens (including phenoxy) is 1. The van der Waals surface area contributed by atoms with Crippen molar-refractivity contribution in [3.8, 4) is 5.75 Å². The summed E-state index contributed by atoms with van der Waals surface area (Å²) in [6.45, 7) is 6.14. The lowest BCUT2D eigenvalue weighted by atomic mass is 10.1. The number of alkyl halides is 3. The van der Waals surface area contributed by atoms with Gasteiger partial charge in [0.05, 0.1) is 33.6 Å². The SMILES string of the molecule is CCCCn1c(=NC(=O)c2cc(OC(C)C)ccc2C(F)(F)F)sc2ccncc21. The summed E-state index contributed by atoms with van der Waals surface area (Å²) in [6, 6.07) is 4.98. The number of unbranched alkanes of at least 4 members (excludes halogenated alkanes) is 1. The number of aromatic nitrogens is 2. The Hall–Kier alpha value is -2.68. The fraction of sp³-hybridized carbons (Fsp3) is 0.381. The number of amides is 1. The molecule has 1 aromatic carbocycles. The number of carbonyl (C=O) groups excluding carboxylic acids is 1. The van der Waals surface area contributed by atoms with E-state index in [1.54, 1.807) is 32.3 Å². The summed E-state index contributed by atoms with van der Waals surface area (Å²) in [4.78, 5) is 21.4. The lowest BCUT2D eigenvalue weighted by Gasteiger charge is -2.14. The molecule has 0 aliphatic carbocycles. The minimum atomic E-state index is -4.68. The quantitative estimate of drug-likeness (QED) is 0.516. The van der Waals surface area contributed by atoms with E-state index in [0.29, 0.717) is 11.3 Å². The molecule has 9 heteroatoms. The second kappa shape index (κ2) is 8.99. The van der Waals surface area contributed by atoms with Crippen LogP contribution in [0.3, 0.4) is 0 Å². The first-order valence-corrected chi connectivity index (χ1v) is 10.4. The van der Waals surface area contributed by atoms with Gasteiger partial charge >= 0.3 is 6.18 Å². The van der Waals surface area contributed by atoms with Crippen molar-refractivity contribution < 1.29 is 22.7 Å². The first kappa shape index (κ1) is 22.0. The summed E-state index contributed by atoms with van der Waals surface area (Å²) in [5.41, 5.74) is -0.760. The molecule has 2 aromatic heterocycles. The molecule has 3 aromatic rings. The van der Waals surface area contributed by atoms with Crippen molar-refractivity contribution in [1.29, 1.82) is 0 Å². The summed E-state index contributed by atoms with van der Waals surface area (Å²) in [5.74, 6) is -0.766. The topological polar surface area (TPSA) is 56.5 Å². The fourth-order valence-electron chi connectivity index (χ4n) is 2.97. The molecule has 0 spiro atoms. The number of fused-ring (bicyclic) bond motifs is 1. The molecule has 0 atom stereocenters. The van der Waals surface area contributed by atoms with Crippen LogP contribution >= 0.6 is 11.3 Å². The Morgan fingerprint density at radius 3 is 2.73 bits per heavy atom. The second-order valence-electron chi connectivity index (χ2n) is 7.02. The van der Waals surface area contributed by atoms with E-state index in [4.69, 9.17) is 4.74 Å². The normalized spacial score (nSPS) is 12.7. The molecule has 2 heterocycles. The van der Waals surface area contributed by atoms with Crippen LogP contribution in [0, 0.1) is 0 Å². The fourth-order valence-corrected chi connectivity index (χ4v) is 4.00. The average molecular weight is 437 g/mol. The first-order valence-electron chi connectivity index (χ1n) is 9.61. The number of thiazole rings is 1. The van der Waals surface area contributed by atoms with Crippen LogP contribution in [0.1, 0.15) is 49.5 Å². The van der Waals surface area contributed by atoms with Gasteiger partial charge in [0.2, 0.25) is 0 Å². The molecule has 0 unspecified atom stereocenters. The van der Waals surface area contributed by atoms with Gasteiger partial charge in [-0.2, -0.15) is 18.2 Å². The van der Waals surface area contributed by atoms with Gasteiger partial charge < -0.3 is 9.30 Å². The van der Waals surface area contributed by atoms with E-state index in [0.717, 1.165) is 35.2 Å². The molecule has 3 rings (SSSR count). The van der Waals surface area contributed by atoms with E-state index in [9.17, 15) is 18.0 Å². The Morgan fingerprint density at radius 2 is 2.07 bits per heavy atom. The van der Waals surface area contributed by atoms with E-state index in [1.807, 2.05) is 11.5 Å². The van der Waals surface area contributed by atoms with E-state index >= 15 is 0 Å². The number of carbonyl (C=O) groups is 1. The third-order valence-electron chi connectivity index (χ3n) is 4.32. The zero-order valence-electron chi connectivity index (χ0n) is 16.9. The Bertz CT molecular complexity index is 1120. The predicted molar refractivity (Wildman–Crippen MR) is 110 cm³/mol. The monoisotopic (exact) mass is 437 g/mol. The summed E-state index contributed by atoms with van der Waals surface area (Å²) in [6.07, 6.45) is 0.136. The maximum absolute atomic E-state index is 13.5. The summed E-state index contributed by atoms with van der Waals surface area (Å²) in [5, 5.41) is 0. The molecule has 0 bridgehead atoms. The van der Waals surface area contributed by atoms with Crippen molar-refractivity contribution in [2.75, 3.05) is 0 Å². The number of pyridine rings is 1. The third kappa shape index (κ3) is 4.89. The number of hydrogen-bond donors (Lipinski definition) is 0. The predicted octanol–water partition coefficient (Wildman–Crippen LogP) is 5.45. The van der Waals surface area contributed by atoms with E-state index in [1.165, 1.54) is 17.4 Å². The van der Waals surface area contributed by atoms with Crippen LogP contribution in [-0.2, 0) is 12.7 Å². The number of nitrogens with zero attached hydrogens (tertiary/aromatic N) is 3. The zero-order valence-corrected chi connectivity index (χ0v) is 17.7. The van der Waals surface area contributed by atoms with Crippen molar-refractivity contribution in [3.05, 3.63) is 52.6 Å². The molecule has 160 valence electrons. The maximum atomic E-state index is 13.5.